The minimum Gasteiger partial charge on any atom is -0.350 e. The molecular weight excluding hydrogens is 200 g/mol. The molecule has 0 unspecified atom stereocenters. The Morgan fingerprint density at radius 2 is 1.88 bits per heavy atom. The van der Waals surface area contributed by atoms with E-state index in [1.54, 1.807) is 0 Å². The maximum absolute atomic E-state index is 11.8. The van der Waals surface area contributed by atoms with Crippen LogP contribution in [-0.4, -0.2) is 36.0 Å². The largest absolute Gasteiger partial charge is 0.350 e. The van der Waals surface area contributed by atoms with Crippen molar-refractivity contribution in [1.29, 1.82) is 0 Å². The molecule has 0 aromatic heterocycles. The van der Waals surface area contributed by atoms with Gasteiger partial charge < -0.3 is 5.32 Å². The van der Waals surface area contributed by atoms with E-state index < -0.39 is 0 Å². The topological polar surface area (TPSA) is 32.3 Å². The molecule has 0 aliphatic heterocycles. The fraction of sp³-hybridized carbons (Fsp3) is 0.923. The predicted octanol–water partition coefficient (Wildman–Crippen LogP) is 2.41. The Hall–Kier alpha value is -0.570. The van der Waals surface area contributed by atoms with Crippen LogP contribution in [0.2, 0.25) is 0 Å². The lowest BCUT2D eigenvalue weighted by Gasteiger charge is -2.27. The van der Waals surface area contributed by atoms with Crippen molar-refractivity contribution in [2.24, 2.45) is 0 Å². The van der Waals surface area contributed by atoms with Gasteiger partial charge in [0.2, 0.25) is 5.91 Å². The van der Waals surface area contributed by atoms with E-state index in [9.17, 15) is 4.79 Å². The SMILES string of the molecule is CCCCN(CC)CC(=O)NC(C)(C)CC. The Bertz CT molecular complexity index is 202. The van der Waals surface area contributed by atoms with Crippen molar-refractivity contribution >= 4 is 5.91 Å². The highest BCUT2D eigenvalue weighted by molar-refractivity contribution is 5.78. The van der Waals surface area contributed by atoms with Gasteiger partial charge in [-0.25, -0.2) is 0 Å². The van der Waals surface area contributed by atoms with Crippen LogP contribution in [0.25, 0.3) is 0 Å². The van der Waals surface area contributed by atoms with E-state index in [0.717, 1.165) is 25.9 Å². The minimum atomic E-state index is -0.0821. The standard InChI is InChI=1S/C13H28N2O/c1-6-9-10-15(8-3)11-12(16)14-13(4,5)7-2/h6-11H2,1-5H3,(H,14,16). The summed E-state index contributed by atoms with van der Waals surface area (Å²) in [5.41, 5.74) is -0.0821. The highest BCUT2D eigenvalue weighted by Gasteiger charge is 2.18. The van der Waals surface area contributed by atoms with E-state index in [1.165, 1.54) is 6.42 Å². The molecule has 0 saturated heterocycles. The minimum absolute atomic E-state index is 0.0821. The smallest absolute Gasteiger partial charge is 0.234 e. The molecule has 0 saturated carbocycles. The van der Waals surface area contributed by atoms with Gasteiger partial charge in [0, 0.05) is 5.54 Å². The molecule has 0 heterocycles. The molecule has 1 amide bonds. The van der Waals surface area contributed by atoms with Gasteiger partial charge in [-0.2, -0.15) is 0 Å². The summed E-state index contributed by atoms with van der Waals surface area (Å²) in [4.78, 5) is 14.0. The summed E-state index contributed by atoms with van der Waals surface area (Å²) in [6.45, 7) is 13.0. The molecule has 0 spiro atoms. The second kappa shape index (κ2) is 7.66. The van der Waals surface area contributed by atoms with E-state index in [-0.39, 0.29) is 11.4 Å². The van der Waals surface area contributed by atoms with Crippen molar-refractivity contribution in [2.75, 3.05) is 19.6 Å². The first-order chi connectivity index (χ1) is 7.45. The van der Waals surface area contributed by atoms with Gasteiger partial charge in [-0.1, -0.05) is 27.2 Å². The lowest BCUT2D eigenvalue weighted by Crippen LogP contribution is -2.47. The molecule has 3 nitrogen and oxygen atoms in total. The highest BCUT2D eigenvalue weighted by Crippen LogP contribution is 2.06. The third-order valence-corrected chi connectivity index (χ3v) is 3.00. The van der Waals surface area contributed by atoms with E-state index in [1.807, 2.05) is 0 Å². The van der Waals surface area contributed by atoms with E-state index in [4.69, 9.17) is 0 Å². The number of amides is 1. The summed E-state index contributed by atoms with van der Waals surface area (Å²) >= 11 is 0. The quantitative estimate of drug-likeness (QED) is 0.692. The number of hydrogen-bond acceptors (Lipinski definition) is 2. The number of nitrogens with zero attached hydrogens (tertiary/aromatic N) is 1. The summed E-state index contributed by atoms with van der Waals surface area (Å²) in [6, 6.07) is 0. The van der Waals surface area contributed by atoms with Crippen LogP contribution in [0, 0.1) is 0 Å². The van der Waals surface area contributed by atoms with Crippen LogP contribution in [0.15, 0.2) is 0 Å². The molecule has 96 valence electrons. The fourth-order valence-corrected chi connectivity index (χ4v) is 1.44. The van der Waals surface area contributed by atoms with Gasteiger partial charge in [-0.05, 0) is 39.8 Å². The summed E-state index contributed by atoms with van der Waals surface area (Å²) in [6.07, 6.45) is 3.30. The van der Waals surface area contributed by atoms with Crippen molar-refractivity contribution in [3.8, 4) is 0 Å². The van der Waals surface area contributed by atoms with Crippen molar-refractivity contribution < 1.29 is 4.79 Å². The van der Waals surface area contributed by atoms with Gasteiger partial charge >= 0.3 is 0 Å². The van der Waals surface area contributed by atoms with Gasteiger partial charge in [-0.15, -0.1) is 0 Å². The molecule has 0 aliphatic carbocycles. The molecule has 3 heteroatoms. The third-order valence-electron chi connectivity index (χ3n) is 3.00. The third kappa shape index (κ3) is 6.83. The molecule has 0 rings (SSSR count). The average Bonchev–Trinajstić information content (AvgIpc) is 2.23. The van der Waals surface area contributed by atoms with Crippen molar-refractivity contribution in [3.63, 3.8) is 0 Å². The molecule has 1 N–H and O–H groups in total. The number of hydrogen-bond donors (Lipinski definition) is 1. The van der Waals surface area contributed by atoms with Crippen LogP contribution >= 0.6 is 0 Å². The van der Waals surface area contributed by atoms with Gasteiger partial charge in [0.1, 0.15) is 0 Å². The number of likely N-dealkylation sites (N-methyl/N-ethyl adjacent to an activating group) is 1. The Morgan fingerprint density at radius 3 is 2.31 bits per heavy atom. The second-order valence-corrected chi connectivity index (χ2v) is 5.01. The number of unbranched alkanes of at least 4 members (excludes halogenated alkanes) is 1. The zero-order valence-electron chi connectivity index (χ0n) is 11.6. The first-order valence-electron chi connectivity index (χ1n) is 6.48. The van der Waals surface area contributed by atoms with Gasteiger partial charge in [0.15, 0.2) is 0 Å². The van der Waals surface area contributed by atoms with Gasteiger partial charge in [0.05, 0.1) is 6.54 Å². The number of rotatable bonds is 8. The normalized spacial score (nSPS) is 11.9. The van der Waals surface area contributed by atoms with Crippen LogP contribution < -0.4 is 5.32 Å². The Balaban J connectivity index is 4.00. The molecule has 0 aromatic rings. The van der Waals surface area contributed by atoms with E-state index in [2.05, 4.69) is 44.8 Å². The van der Waals surface area contributed by atoms with Crippen LogP contribution in [0.4, 0.5) is 0 Å². The number of carbonyl (C=O) groups is 1. The Labute approximate surface area is 101 Å². The first kappa shape index (κ1) is 15.4. The summed E-state index contributed by atoms with van der Waals surface area (Å²) in [7, 11) is 0. The maximum atomic E-state index is 11.8. The number of nitrogens with one attached hydrogen (secondary N) is 1. The van der Waals surface area contributed by atoms with Crippen molar-refractivity contribution in [1.82, 2.24) is 10.2 Å². The van der Waals surface area contributed by atoms with Crippen LogP contribution in [0.5, 0.6) is 0 Å². The van der Waals surface area contributed by atoms with Gasteiger partial charge in [-0.3, -0.25) is 9.69 Å². The maximum Gasteiger partial charge on any atom is 0.234 e. The summed E-state index contributed by atoms with van der Waals surface area (Å²) < 4.78 is 0. The predicted molar refractivity (Wildman–Crippen MR) is 69.5 cm³/mol. The molecular formula is C13H28N2O. The fourth-order valence-electron chi connectivity index (χ4n) is 1.44. The molecule has 0 bridgehead atoms. The van der Waals surface area contributed by atoms with Crippen LogP contribution in [-0.2, 0) is 4.79 Å². The Kier molecular flexibility index (Phi) is 7.39. The average molecular weight is 228 g/mol. The zero-order chi connectivity index (χ0) is 12.6. The van der Waals surface area contributed by atoms with Crippen molar-refractivity contribution in [2.45, 2.75) is 59.4 Å². The lowest BCUT2D eigenvalue weighted by molar-refractivity contribution is -0.123. The molecule has 0 fully saturated rings. The summed E-state index contributed by atoms with van der Waals surface area (Å²) in [5, 5.41) is 3.07. The van der Waals surface area contributed by atoms with Crippen LogP contribution in [0.3, 0.4) is 0 Å². The molecule has 0 radical (unpaired) electrons. The molecule has 0 atom stereocenters. The van der Waals surface area contributed by atoms with E-state index in [0.29, 0.717) is 6.54 Å². The van der Waals surface area contributed by atoms with Gasteiger partial charge in [0.25, 0.3) is 0 Å². The lowest BCUT2D eigenvalue weighted by atomic mass is 10.0. The summed E-state index contributed by atoms with van der Waals surface area (Å²) in [5.74, 6) is 0.143. The molecule has 0 aromatic carbocycles. The number of carbonyl (C=O) groups excluding carboxylic acids is 1. The van der Waals surface area contributed by atoms with E-state index >= 15 is 0 Å². The first-order valence-corrected chi connectivity index (χ1v) is 6.48. The second-order valence-electron chi connectivity index (χ2n) is 5.01. The molecule has 16 heavy (non-hydrogen) atoms. The van der Waals surface area contributed by atoms with Crippen molar-refractivity contribution in [3.05, 3.63) is 0 Å². The highest BCUT2D eigenvalue weighted by atomic mass is 16.2. The van der Waals surface area contributed by atoms with Crippen LogP contribution in [0.1, 0.15) is 53.9 Å². The zero-order valence-corrected chi connectivity index (χ0v) is 11.6. The monoisotopic (exact) mass is 228 g/mol. The molecule has 0 aliphatic rings. The Morgan fingerprint density at radius 1 is 1.25 bits per heavy atom.